The number of ether oxygens (including phenoxy) is 4. The lowest BCUT2D eigenvalue weighted by Gasteiger charge is -2.12. The smallest absolute Gasteiger partial charge is 0.150 e. The van der Waals surface area contributed by atoms with Gasteiger partial charge < -0.3 is 23.7 Å². The highest BCUT2D eigenvalue weighted by Gasteiger charge is 2.41. The molecule has 33 heavy (non-hydrogen) atoms. The highest BCUT2D eigenvalue weighted by atomic mass is 19.1. The summed E-state index contributed by atoms with van der Waals surface area (Å²) in [6, 6.07) is 12.3. The van der Waals surface area contributed by atoms with Crippen LogP contribution in [0.1, 0.15) is 35.7 Å². The molecule has 4 rings (SSSR count). The number of carbonyl (C=O) groups is 2. The van der Waals surface area contributed by atoms with Crippen LogP contribution in [-0.2, 0) is 30.2 Å². The van der Waals surface area contributed by atoms with Gasteiger partial charge in [-0.05, 0) is 30.0 Å². The number of rotatable bonds is 5. The zero-order valence-electron chi connectivity index (χ0n) is 19.9. The maximum atomic E-state index is 14.0. The third kappa shape index (κ3) is 8.78. The van der Waals surface area contributed by atoms with E-state index >= 15 is 0 Å². The van der Waals surface area contributed by atoms with Gasteiger partial charge in [0.25, 0.3) is 0 Å². The summed E-state index contributed by atoms with van der Waals surface area (Å²) in [5.74, 6) is -0.209. The van der Waals surface area contributed by atoms with Crippen LogP contribution in [0.25, 0.3) is 11.1 Å². The first kappa shape index (κ1) is 28.6. The molecule has 2 fully saturated rings. The van der Waals surface area contributed by atoms with Crippen molar-refractivity contribution < 1.29 is 32.9 Å². The van der Waals surface area contributed by atoms with Crippen molar-refractivity contribution in [1.82, 2.24) is 0 Å². The number of hydrogen-bond donors (Lipinski definition) is 0. The Morgan fingerprint density at radius 3 is 2.30 bits per heavy atom. The Balaban J connectivity index is 0.000000304. The summed E-state index contributed by atoms with van der Waals surface area (Å²) < 4.78 is 34.3. The zero-order chi connectivity index (χ0) is 24.6. The number of hydrogen-bond acceptors (Lipinski definition) is 6. The number of benzene rings is 2. The third-order valence-electron chi connectivity index (χ3n) is 5.15. The minimum absolute atomic E-state index is 0.174. The maximum Gasteiger partial charge on any atom is 0.150 e. The summed E-state index contributed by atoms with van der Waals surface area (Å²) in [4.78, 5) is 18.6. The zero-order valence-corrected chi connectivity index (χ0v) is 19.9. The molecule has 182 valence electrons. The Bertz CT molecular complexity index is 811. The minimum Gasteiger partial charge on any atom is -0.388 e. The van der Waals surface area contributed by atoms with E-state index in [1.165, 1.54) is 0 Å². The molecule has 2 saturated heterocycles. The van der Waals surface area contributed by atoms with E-state index in [1.807, 2.05) is 12.9 Å². The Kier molecular flexibility index (Phi) is 14.0. The van der Waals surface area contributed by atoms with Crippen LogP contribution in [0.3, 0.4) is 0 Å². The van der Waals surface area contributed by atoms with Crippen molar-refractivity contribution in [2.24, 2.45) is 0 Å². The van der Waals surface area contributed by atoms with E-state index in [0.29, 0.717) is 23.8 Å². The van der Waals surface area contributed by atoms with E-state index in [2.05, 4.69) is 11.7 Å². The first-order chi connectivity index (χ1) is 16.1. The summed E-state index contributed by atoms with van der Waals surface area (Å²) in [5.41, 5.74) is 2.98. The SMILES string of the molecule is C=O.CCCc1ccc(-c2ccc(C=O)cc2)c(F)c1.COC.COC1COC2CCOC12. The predicted octanol–water partition coefficient (Wildman–Crippen LogP) is 4.52. The van der Waals surface area contributed by atoms with Crippen LogP contribution in [-0.4, -0.2) is 65.9 Å². The first-order valence-electron chi connectivity index (χ1n) is 10.9. The van der Waals surface area contributed by atoms with Crippen LogP contribution < -0.4 is 0 Å². The van der Waals surface area contributed by atoms with Crippen molar-refractivity contribution in [3.63, 3.8) is 0 Å². The largest absolute Gasteiger partial charge is 0.388 e. The molecule has 2 aliphatic rings. The summed E-state index contributed by atoms with van der Waals surface area (Å²) in [6.07, 6.45) is 4.41. The van der Waals surface area contributed by atoms with Gasteiger partial charge in [-0.2, -0.15) is 0 Å². The van der Waals surface area contributed by atoms with E-state index in [4.69, 9.17) is 19.0 Å². The van der Waals surface area contributed by atoms with Crippen LogP contribution in [0.5, 0.6) is 0 Å². The molecule has 0 aliphatic carbocycles. The molecule has 0 N–H and O–H groups in total. The first-order valence-corrected chi connectivity index (χ1v) is 10.9. The van der Waals surface area contributed by atoms with Gasteiger partial charge in [-0.15, -0.1) is 0 Å². The molecule has 0 amide bonds. The molecule has 2 aromatic carbocycles. The number of halogens is 1. The number of carbonyl (C=O) groups excluding carboxylic acids is 2. The summed E-state index contributed by atoms with van der Waals surface area (Å²) in [5, 5.41) is 0. The molecule has 0 radical (unpaired) electrons. The summed E-state index contributed by atoms with van der Waals surface area (Å²) in [7, 11) is 4.96. The lowest BCUT2D eigenvalue weighted by molar-refractivity contribution is -0.0980. The van der Waals surface area contributed by atoms with Gasteiger partial charge in [-0.1, -0.05) is 49.7 Å². The second-order valence-electron chi connectivity index (χ2n) is 7.48. The molecule has 3 atom stereocenters. The number of fused-ring (bicyclic) bond motifs is 1. The molecule has 0 aromatic heterocycles. The standard InChI is InChI=1S/C16H15FO.C7H12O3.C2H6O.CH2O/c1-2-3-12-6-9-15(16(17)10-12)14-7-4-13(11-18)5-8-14;1-8-6-4-10-5-2-3-9-7(5)6;1-3-2;1-2/h4-11H,2-3H2,1H3;5-7H,2-4H2,1H3;1-2H3;1H2. The van der Waals surface area contributed by atoms with Crippen molar-refractivity contribution in [2.45, 2.75) is 44.5 Å². The molecule has 0 saturated carbocycles. The third-order valence-corrected chi connectivity index (χ3v) is 5.15. The average molecular weight is 463 g/mol. The Hall–Kier alpha value is -2.45. The highest BCUT2D eigenvalue weighted by molar-refractivity contribution is 5.77. The number of aldehydes is 1. The van der Waals surface area contributed by atoms with Crippen molar-refractivity contribution in [2.75, 3.05) is 34.5 Å². The molecule has 2 aromatic rings. The van der Waals surface area contributed by atoms with Gasteiger partial charge in [0.2, 0.25) is 0 Å². The van der Waals surface area contributed by atoms with Gasteiger partial charge in [-0.3, -0.25) is 4.79 Å². The van der Waals surface area contributed by atoms with E-state index in [0.717, 1.165) is 43.3 Å². The van der Waals surface area contributed by atoms with Crippen LogP contribution in [0, 0.1) is 5.82 Å². The lowest BCUT2D eigenvalue weighted by atomic mass is 10.0. The van der Waals surface area contributed by atoms with E-state index in [-0.39, 0.29) is 18.0 Å². The molecule has 0 bridgehead atoms. The van der Waals surface area contributed by atoms with Crippen molar-refractivity contribution in [3.05, 3.63) is 59.4 Å². The van der Waals surface area contributed by atoms with Gasteiger partial charge in [0, 0.05) is 39.1 Å². The normalized spacial score (nSPS) is 20.2. The maximum absolute atomic E-state index is 14.0. The molecule has 6 nitrogen and oxygen atoms in total. The van der Waals surface area contributed by atoms with Crippen molar-refractivity contribution in [1.29, 1.82) is 0 Å². The van der Waals surface area contributed by atoms with E-state index in [9.17, 15) is 9.18 Å². The highest BCUT2D eigenvalue weighted by Crippen LogP contribution is 2.27. The summed E-state index contributed by atoms with van der Waals surface area (Å²) in [6.45, 7) is 5.60. The van der Waals surface area contributed by atoms with Gasteiger partial charge in [0.1, 0.15) is 31.1 Å². The van der Waals surface area contributed by atoms with Crippen LogP contribution in [0.15, 0.2) is 42.5 Å². The number of aryl methyl sites for hydroxylation is 1. The molecule has 7 heteroatoms. The molecule has 2 heterocycles. The second-order valence-corrected chi connectivity index (χ2v) is 7.48. The van der Waals surface area contributed by atoms with Crippen LogP contribution in [0.2, 0.25) is 0 Å². The number of methoxy groups -OCH3 is 2. The molecule has 2 aliphatic heterocycles. The summed E-state index contributed by atoms with van der Waals surface area (Å²) >= 11 is 0. The predicted molar refractivity (Wildman–Crippen MR) is 126 cm³/mol. The fourth-order valence-corrected chi connectivity index (χ4v) is 3.61. The Morgan fingerprint density at radius 2 is 1.76 bits per heavy atom. The van der Waals surface area contributed by atoms with Gasteiger partial charge in [-0.25, -0.2) is 4.39 Å². The molecular formula is C26H35FO6. The van der Waals surface area contributed by atoms with Crippen LogP contribution >= 0.6 is 0 Å². The van der Waals surface area contributed by atoms with Gasteiger partial charge in [0.15, 0.2) is 0 Å². The quantitative estimate of drug-likeness (QED) is 0.609. The molecule has 3 unspecified atom stereocenters. The minimum atomic E-state index is -0.209. The lowest BCUT2D eigenvalue weighted by Crippen LogP contribution is -2.28. The van der Waals surface area contributed by atoms with Crippen LogP contribution in [0.4, 0.5) is 4.39 Å². The van der Waals surface area contributed by atoms with Crippen molar-refractivity contribution >= 4 is 13.1 Å². The molecule has 0 spiro atoms. The average Bonchev–Trinajstić information content (AvgIpc) is 3.46. The fraction of sp³-hybridized carbons (Fsp3) is 0.462. The Labute approximate surface area is 196 Å². The van der Waals surface area contributed by atoms with E-state index < -0.39 is 0 Å². The monoisotopic (exact) mass is 462 g/mol. The van der Waals surface area contributed by atoms with Gasteiger partial charge >= 0.3 is 0 Å². The van der Waals surface area contributed by atoms with Crippen molar-refractivity contribution in [3.8, 4) is 11.1 Å². The van der Waals surface area contributed by atoms with Gasteiger partial charge in [0.05, 0.1) is 12.7 Å². The fourth-order valence-electron chi connectivity index (χ4n) is 3.61. The van der Waals surface area contributed by atoms with E-state index in [1.54, 1.807) is 57.7 Å². The second kappa shape index (κ2) is 16.2. The molecular weight excluding hydrogens is 427 g/mol. The Morgan fingerprint density at radius 1 is 1.09 bits per heavy atom. The topological polar surface area (TPSA) is 71.1 Å².